The van der Waals surface area contributed by atoms with Crippen LogP contribution in [0, 0.1) is 0 Å². The Morgan fingerprint density at radius 3 is 2.72 bits per heavy atom. The number of hydrogen-bond acceptors (Lipinski definition) is 5. The zero-order chi connectivity index (χ0) is 25.4. The largest absolute Gasteiger partial charge is 0.465 e. The van der Waals surface area contributed by atoms with Crippen LogP contribution in [0.5, 0.6) is 0 Å². The van der Waals surface area contributed by atoms with Crippen molar-refractivity contribution in [2.75, 3.05) is 11.4 Å². The molecule has 3 aromatic rings. The number of benzene rings is 1. The van der Waals surface area contributed by atoms with Crippen molar-refractivity contribution >= 4 is 28.7 Å². The molecule has 5 rings (SSSR count). The summed E-state index contributed by atoms with van der Waals surface area (Å²) in [4.78, 5) is 43.3. The maximum Gasteiger partial charge on any atom is 0.412 e. The molecule has 1 aliphatic heterocycles. The van der Waals surface area contributed by atoms with Crippen molar-refractivity contribution in [3.05, 3.63) is 58.3 Å². The Bertz CT molecular complexity index is 1370. The van der Waals surface area contributed by atoms with Crippen LogP contribution in [0.15, 0.2) is 41.3 Å². The van der Waals surface area contributed by atoms with E-state index in [2.05, 4.69) is 5.32 Å². The second kappa shape index (κ2) is 9.42. The van der Waals surface area contributed by atoms with Gasteiger partial charge in [-0.2, -0.15) is 0 Å². The molecule has 2 amide bonds. The molecule has 1 aliphatic carbocycles. The first-order chi connectivity index (χ1) is 17.3. The summed E-state index contributed by atoms with van der Waals surface area (Å²) in [5, 5.41) is 23.0. The minimum Gasteiger partial charge on any atom is -0.465 e. The number of amides is 2. The monoisotopic (exact) mass is 493 g/mol. The quantitative estimate of drug-likeness (QED) is 0.463. The molecular weight excluding hydrogens is 462 g/mol. The molecule has 2 aliphatic rings. The molecule has 10 heteroatoms. The van der Waals surface area contributed by atoms with Crippen LogP contribution >= 0.6 is 0 Å². The zero-order valence-corrected chi connectivity index (χ0v) is 20.3. The molecule has 3 N–H and O–H groups in total. The van der Waals surface area contributed by atoms with Crippen molar-refractivity contribution in [2.24, 2.45) is 0 Å². The fourth-order valence-electron chi connectivity index (χ4n) is 5.23. The van der Waals surface area contributed by atoms with Gasteiger partial charge in [-0.15, -0.1) is 0 Å². The second-order valence-electron chi connectivity index (χ2n) is 9.92. The lowest BCUT2D eigenvalue weighted by Gasteiger charge is -2.36. The van der Waals surface area contributed by atoms with E-state index >= 15 is 0 Å². The van der Waals surface area contributed by atoms with Crippen molar-refractivity contribution < 1.29 is 19.8 Å². The fraction of sp³-hybridized carbons (Fsp3) is 0.462. The average molecular weight is 494 g/mol. The van der Waals surface area contributed by atoms with Crippen molar-refractivity contribution in [3.63, 3.8) is 0 Å². The summed E-state index contributed by atoms with van der Waals surface area (Å²) in [7, 11) is 0. The highest BCUT2D eigenvalue weighted by atomic mass is 16.4. The van der Waals surface area contributed by atoms with Gasteiger partial charge in [0.05, 0.1) is 22.3 Å². The van der Waals surface area contributed by atoms with Crippen molar-refractivity contribution in [3.8, 4) is 0 Å². The van der Waals surface area contributed by atoms with Gasteiger partial charge in [-0.05, 0) is 57.2 Å². The van der Waals surface area contributed by atoms with Crippen LogP contribution < -0.4 is 15.8 Å². The zero-order valence-electron chi connectivity index (χ0n) is 20.3. The number of anilines is 1. The number of carboxylic acid groups (broad SMARTS) is 1. The number of aromatic nitrogens is 3. The standard InChI is InChI=1S/C26H31N5O5/c1-17-6-7-18-19(31(17)25(34)35)8-9-20-24(18)28-21(10-14-29-13-3-2-5-23(29)33)30(20)15-22(32)27-16-26(36)11-4-12-26/h2-3,5,8-9,13,17,36H,4,6-7,10-12,14-16H2,1H3,(H,27,32)(H,34,35)/t17-/m0/s1. The highest BCUT2D eigenvalue weighted by Crippen LogP contribution is 2.36. The number of pyridine rings is 1. The van der Waals surface area contributed by atoms with Crippen LogP contribution in [0.4, 0.5) is 10.5 Å². The lowest BCUT2D eigenvalue weighted by atomic mass is 9.80. The SMILES string of the molecule is C[C@H]1CCc2c(ccc3c2nc(CCn2ccccc2=O)n3CC(=O)NCC2(O)CCC2)N1C(=O)O. The summed E-state index contributed by atoms with van der Waals surface area (Å²) in [6.07, 6.45) is 4.83. The van der Waals surface area contributed by atoms with E-state index in [1.165, 1.54) is 11.0 Å². The third kappa shape index (κ3) is 4.48. The Morgan fingerprint density at radius 1 is 1.22 bits per heavy atom. The van der Waals surface area contributed by atoms with Crippen molar-refractivity contribution in [1.82, 2.24) is 19.4 Å². The molecule has 0 radical (unpaired) electrons. The minimum absolute atomic E-state index is 0.0173. The van der Waals surface area contributed by atoms with Gasteiger partial charge in [0.2, 0.25) is 5.91 Å². The summed E-state index contributed by atoms with van der Waals surface area (Å²) in [6, 6.07) is 8.46. The molecular formula is C26H31N5O5. The van der Waals surface area contributed by atoms with E-state index in [1.54, 1.807) is 29.0 Å². The molecule has 0 saturated heterocycles. The van der Waals surface area contributed by atoms with E-state index in [1.807, 2.05) is 17.6 Å². The van der Waals surface area contributed by atoms with Gasteiger partial charge in [0.15, 0.2) is 0 Å². The van der Waals surface area contributed by atoms with Gasteiger partial charge >= 0.3 is 6.09 Å². The van der Waals surface area contributed by atoms with Gasteiger partial charge < -0.3 is 24.7 Å². The number of rotatable bonds is 7. The molecule has 0 bridgehead atoms. The summed E-state index contributed by atoms with van der Waals surface area (Å²) in [5.74, 6) is 0.415. The summed E-state index contributed by atoms with van der Waals surface area (Å²) < 4.78 is 3.44. The van der Waals surface area contributed by atoms with E-state index in [4.69, 9.17) is 4.98 Å². The van der Waals surface area contributed by atoms with E-state index in [0.29, 0.717) is 55.7 Å². The van der Waals surface area contributed by atoms with E-state index < -0.39 is 11.7 Å². The molecule has 1 fully saturated rings. The Hall–Kier alpha value is -3.66. The van der Waals surface area contributed by atoms with Gasteiger partial charge in [0.25, 0.3) is 5.56 Å². The van der Waals surface area contributed by atoms with Gasteiger partial charge in [-0.25, -0.2) is 9.78 Å². The number of imidazole rings is 1. The summed E-state index contributed by atoms with van der Waals surface area (Å²) in [5.41, 5.74) is 1.98. The minimum atomic E-state index is -1.00. The van der Waals surface area contributed by atoms with Crippen molar-refractivity contribution in [1.29, 1.82) is 0 Å². The molecule has 190 valence electrons. The number of aryl methyl sites for hydroxylation is 3. The lowest BCUT2D eigenvalue weighted by molar-refractivity contribution is -0.124. The van der Waals surface area contributed by atoms with Crippen LogP contribution in [0.3, 0.4) is 0 Å². The molecule has 10 nitrogen and oxygen atoms in total. The lowest BCUT2D eigenvalue weighted by Crippen LogP contribution is -2.48. The second-order valence-corrected chi connectivity index (χ2v) is 9.92. The first kappa shape index (κ1) is 24.1. The number of hydrogen-bond donors (Lipinski definition) is 3. The first-order valence-electron chi connectivity index (χ1n) is 12.4. The normalized spacial score (nSPS) is 18.5. The number of fused-ring (bicyclic) bond motifs is 3. The summed E-state index contributed by atoms with van der Waals surface area (Å²) in [6.45, 7) is 2.52. The third-order valence-electron chi connectivity index (χ3n) is 7.47. The maximum absolute atomic E-state index is 12.9. The van der Waals surface area contributed by atoms with E-state index in [-0.39, 0.29) is 30.6 Å². The highest BCUT2D eigenvalue weighted by molar-refractivity contribution is 5.95. The van der Waals surface area contributed by atoms with Crippen LogP contribution in [-0.4, -0.2) is 54.5 Å². The van der Waals surface area contributed by atoms with Crippen molar-refractivity contribution in [2.45, 2.75) is 70.2 Å². The maximum atomic E-state index is 12.9. The number of aliphatic hydroxyl groups is 1. The fourth-order valence-corrected chi connectivity index (χ4v) is 5.23. The Balaban J connectivity index is 1.50. The highest BCUT2D eigenvalue weighted by Gasteiger charge is 2.35. The first-order valence-corrected chi connectivity index (χ1v) is 12.4. The van der Waals surface area contributed by atoms with Crippen LogP contribution in [0.1, 0.15) is 44.0 Å². The number of carbonyl (C=O) groups excluding carboxylic acids is 1. The van der Waals surface area contributed by atoms with Crippen LogP contribution in [0.25, 0.3) is 11.0 Å². The van der Waals surface area contributed by atoms with Gasteiger partial charge in [0.1, 0.15) is 12.4 Å². The Labute approximate surface area is 208 Å². The molecule has 2 aromatic heterocycles. The number of nitrogens with zero attached hydrogens (tertiary/aromatic N) is 4. The predicted octanol–water partition coefficient (Wildman–Crippen LogP) is 2.29. The molecule has 0 spiro atoms. The number of nitrogens with one attached hydrogen (secondary N) is 1. The van der Waals surface area contributed by atoms with Crippen LogP contribution in [0.2, 0.25) is 0 Å². The smallest absolute Gasteiger partial charge is 0.412 e. The Kier molecular flexibility index (Phi) is 6.29. The molecule has 1 atom stereocenters. The van der Waals surface area contributed by atoms with Gasteiger partial charge in [-0.1, -0.05) is 6.07 Å². The van der Waals surface area contributed by atoms with Gasteiger partial charge in [-0.3, -0.25) is 14.5 Å². The summed E-state index contributed by atoms with van der Waals surface area (Å²) >= 11 is 0. The number of carbonyl (C=O) groups is 2. The van der Waals surface area contributed by atoms with Crippen LogP contribution in [-0.2, 0) is 30.7 Å². The third-order valence-corrected chi connectivity index (χ3v) is 7.47. The van der Waals surface area contributed by atoms with E-state index in [9.17, 15) is 24.6 Å². The molecule has 1 saturated carbocycles. The van der Waals surface area contributed by atoms with E-state index in [0.717, 1.165) is 17.5 Å². The topological polar surface area (TPSA) is 130 Å². The van der Waals surface area contributed by atoms with Gasteiger partial charge in [0, 0.05) is 43.4 Å². The predicted molar refractivity (Wildman–Crippen MR) is 134 cm³/mol. The average Bonchev–Trinajstić information content (AvgIpc) is 3.17. The molecule has 0 unspecified atom stereocenters. The molecule has 3 heterocycles. The Morgan fingerprint density at radius 2 is 2.03 bits per heavy atom. The molecule has 36 heavy (non-hydrogen) atoms. The molecule has 1 aromatic carbocycles.